The summed E-state index contributed by atoms with van der Waals surface area (Å²) in [5, 5.41) is 0. The Bertz CT molecular complexity index is 470. The van der Waals surface area contributed by atoms with Crippen molar-refractivity contribution >= 4 is 11.6 Å². The zero-order chi connectivity index (χ0) is 14.5. The molecule has 1 atom stereocenters. The summed E-state index contributed by atoms with van der Waals surface area (Å²) in [6, 6.07) is 5.56. The Hall–Kier alpha value is -1.51. The van der Waals surface area contributed by atoms with Gasteiger partial charge in [-0.15, -0.1) is 0 Å². The topological polar surface area (TPSA) is 46.3 Å². The van der Waals surface area contributed by atoms with E-state index in [0.717, 1.165) is 48.7 Å². The van der Waals surface area contributed by atoms with Crippen LogP contribution >= 0.6 is 0 Å². The molecule has 1 fully saturated rings. The van der Waals surface area contributed by atoms with Gasteiger partial charge < -0.3 is 10.6 Å². The predicted molar refractivity (Wildman–Crippen MR) is 83.7 cm³/mol. The third kappa shape index (κ3) is 3.53. The van der Waals surface area contributed by atoms with Crippen LogP contribution in [-0.2, 0) is 0 Å². The number of hydrogen-bond acceptors (Lipinski definition) is 2. The van der Waals surface area contributed by atoms with Crippen LogP contribution in [0.4, 0.5) is 5.69 Å². The van der Waals surface area contributed by atoms with Crippen LogP contribution in [0.1, 0.15) is 54.9 Å². The largest absolute Gasteiger partial charge is 0.399 e. The van der Waals surface area contributed by atoms with Crippen LogP contribution < -0.4 is 5.73 Å². The van der Waals surface area contributed by atoms with E-state index < -0.39 is 0 Å². The number of benzene rings is 1. The van der Waals surface area contributed by atoms with Crippen LogP contribution in [0, 0.1) is 12.8 Å². The molecule has 3 heteroatoms. The van der Waals surface area contributed by atoms with Gasteiger partial charge in [-0.1, -0.05) is 19.8 Å². The molecule has 1 saturated heterocycles. The standard InChI is InChI=1S/C17H26N2O/c1-3-5-14-6-4-10-19(11-9-14)17(20)16-8-7-15(18)12-13(16)2/h7-8,12,14H,3-6,9-11,18H2,1-2H3. The van der Waals surface area contributed by atoms with E-state index >= 15 is 0 Å². The van der Waals surface area contributed by atoms with Gasteiger partial charge in [-0.3, -0.25) is 4.79 Å². The molecule has 20 heavy (non-hydrogen) atoms. The summed E-state index contributed by atoms with van der Waals surface area (Å²) >= 11 is 0. The van der Waals surface area contributed by atoms with Crippen LogP contribution in [-0.4, -0.2) is 23.9 Å². The molecule has 0 aromatic heterocycles. The van der Waals surface area contributed by atoms with Crippen molar-refractivity contribution < 1.29 is 4.79 Å². The Balaban J connectivity index is 2.05. The maximum atomic E-state index is 12.6. The number of aryl methyl sites for hydroxylation is 1. The van der Waals surface area contributed by atoms with Crippen molar-refractivity contribution in [2.24, 2.45) is 5.92 Å². The summed E-state index contributed by atoms with van der Waals surface area (Å²) in [4.78, 5) is 14.7. The highest BCUT2D eigenvalue weighted by atomic mass is 16.2. The minimum absolute atomic E-state index is 0.166. The van der Waals surface area contributed by atoms with E-state index in [1.165, 1.54) is 19.3 Å². The number of nitrogen functional groups attached to an aromatic ring is 1. The van der Waals surface area contributed by atoms with Gasteiger partial charge in [-0.05, 0) is 55.9 Å². The molecule has 0 radical (unpaired) electrons. The Morgan fingerprint density at radius 3 is 2.85 bits per heavy atom. The fraction of sp³-hybridized carbons (Fsp3) is 0.588. The van der Waals surface area contributed by atoms with Crippen LogP contribution in [0.25, 0.3) is 0 Å². The Morgan fingerprint density at radius 2 is 2.15 bits per heavy atom. The summed E-state index contributed by atoms with van der Waals surface area (Å²) in [5.41, 5.74) is 8.25. The first kappa shape index (κ1) is 14.9. The predicted octanol–water partition coefficient (Wildman–Crippen LogP) is 3.62. The van der Waals surface area contributed by atoms with Crippen LogP contribution in [0.15, 0.2) is 18.2 Å². The van der Waals surface area contributed by atoms with E-state index in [9.17, 15) is 4.79 Å². The average molecular weight is 274 g/mol. The first-order valence-corrected chi connectivity index (χ1v) is 7.77. The van der Waals surface area contributed by atoms with Crippen molar-refractivity contribution in [3.8, 4) is 0 Å². The van der Waals surface area contributed by atoms with Crippen molar-refractivity contribution in [3.63, 3.8) is 0 Å². The van der Waals surface area contributed by atoms with E-state index in [-0.39, 0.29) is 5.91 Å². The van der Waals surface area contributed by atoms with Crippen LogP contribution in [0.2, 0.25) is 0 Å². The molecule has 1 aromatic carbocycles. The van der Waals surface area contributed by atoms with Gasteiger partial charge in [-0.25, -0.2) is 0 Å². The number of carbonyl (C=O) groups excluding carboxylic acids is 1. The summed E-state index contributed by atoms with van der Waals surface area (Å²) in [6.07, 6.45) is 6.08. The van der Waals surface area contributed by atoms with Crippen molar-refractivity contribution in [1.82, 2.24) is 4.90 Å². The third-order valence-electron chi connectivity index (χ3n) is 4.31. The zero-order valence-corrected chi connectivity index (χ0v) is 12.7. The Labute approximate surface area is 122 Å². The summed E-state index contributed by atoms with van der Waals surface area (Å²) in [7, 11) is 0. The molecule has 1 heterocycles. The molecular formula is C17H26N2O. The number of carbonyl (C=O) groups is 1. The van der Waals surface area contributed by atoms with E-state index in [0.29, 0.717) is 0 Å². The molecule has 110 valence electrons. The van der Waals surface area contributed by atoms with E-state index in [2.05, 4.69) is 6.92 Å². The van der Waals surface area contributed by atoms with Gasteiger partial charge in [0.2, 0.25) is 0 Å². The van der Waals surface area contributed by atoms with Crippen LogP contribution in [0.5, 0.6) is 0 Å². The van der Waals surface area contributed by atoms with Gasteiger partial charge >= 0.3 is 0 Å². The summed E-state index contributed by atoms with van der Waals surface area (Å²) < 4.78 is 0. The average Bonchev–Trinajstić information content (AvgIpc) is 2.64. The molecule has 0 saturated carbocycles. The van der Waals surface area contributed by atoms with Gasteiger partial charge in [0, 0.05) is 24.3 Å². The summed E-state index contributed by atoms with van der Waals surface area (Å²) in [5.74, 6) is 0.963. The lowest BCUT2D eigenvalue weighted by Crippen LogP contribution is -2.32. The zero-order valence-electron chi connectivity index (χ0n) is 12.7. The second-order valence-corrected chi connectivity index (χ2v) is 5.95. The SMILES string of the molecule is CCCC1CCCN(C(=O)c2ccc(N)cc2C)CC1. The highest BCUT2D eigenvalue weighted by Crippen LogP contribution is 2.23. The van der Waals surface area contributed by atoms with Gasteiger partial charge in [-0.2, -0.15) is 0 Å². The van der Waals surface area contributed by atoms with E-state index in [1.807, 2.05) is 30.0 Å². The first-order valence-electron chi connectivity index (χ1n) is 7.77. The smallest absolute Gasteiger partial charge is 0.254 e. The lowest BCUT2D eigenvalue weighted by molar-refractivity contribution is 0.0759. The molecule has 0 spiro atoms. The fourth-order valence-electron chi connectivity index (χ4n) is 3.16. The Morgan fingerprint density at radius 1 is 1.35 bits per heavy atom. The molecule has 1 aliphatic heterocycles. The second kappa shape index (κ2) is 6.78. The molecule has 2 N–H and O–H groups in total. The van der Waals surface area contributed by atoms with Gasteiger partial charge in [0.05, 0.1) is 0 Å². The number of amides is 1. The van der Waals surface area contributed by atoms with Crippen LogP contribution in [0.3, 0.4) is 0 Å². The normalized spacial score (nSPS) is 19.7. The molecule has 1 unspecified atom stereocenters. The maximum absolute atomic E-state index is 12.6. The highest BCUT2D eigenvalue weighted by molar-refractivity contribution is 5.96. The summed E-state index contributed by atoms with van der Waals surface area (Å²) in [6.45, 7) is 5.99. The maximum Gasteiger partial charge on any atom is 0.254 e. The third-order valence-corrected chi connectivity index (χ3v) is 4.31. The van der Waals surface area contributed by atoms with Crippen molar-refractivity contribution in [1.29, 1.82) is 0 Å². The van der Waals surface area contributed by atoms with Crippen molar-refractivity contribution in [3.05, 3.63) is 29.3 Å². The van der Waals surface area contributed by atoms with Gasteiger partial charge in [0.1, 0.15) is 0 Å². The molecule has 1 amide bonds. The number of likely N-dealkylation sites (tertiary alicyclic amines) is 1. The monoisotopic (exact) mass is 274 g/mol. The number of nitrogens with zero attached hydrogens (tertiary/aromatic N) is 1. The quantitative estimate of drug-likeness (QED) is 0.856. The molecule has 1 aliphatic rings. The van der Waals surface area contributed by atoms with E-state index in [4.69, 9.17) is 5.73 Å². The minimum Gasteiger partial charge on any atom is -0.399 e. The first-order chi connectivity index (χ1) is 9.61. The molecule has 0 bridgehead atoms. The number of anilines is 1. The van der Waals surface area contributed by atoms with Crippen molar-refractivity contribution in [2.45, 2.75) is 46.0 Å². The second-order valence-electron chi connectivity index (χ2n) is 5.95. The minimum atomic E-state index is 0.166. The van der Waals surface area contributed by atoms with Crippen molar-refractivity contribution in [2.75, 3.05) is 18.8 Å². The molecule has 0 aliphatic carbocycles. The molecule has 1 aromatic rings. The van der Waals surface area contributed by atoms with E-state index in [1.54, 1.807) is 0 Å². The van der Waals surface area contributed by atoms with Gasteiger partial charge in [0.25, 0.3) is 5.91 Å². The molecule has 3 nitrogen and oxygen atoms in total. The lowest BCUT2D eigenvalue weighted by atomic mass is 9.96. The van der Waals surface area contributed by atoms with Gasteiger partial charge in [0.15, 0.2) is 0 Å². The number of rotatable bonds is 3. The number of nitrogens with two attached hydrogens (primary N) is 1. The molecular weight excluding hydrogens is 248 g/mol. The Kier molecular flexibility index (Phi) is 5.05. The molecule has 2 rings (SSSR count). The highest BCUT2D eigenvalue weighted by Gasteiger charge is 2.22. The number of hydrogen-bond donors (Lipinski definition) is 1. The fourth-order valence-corrected chi connectivity index (χ4v) is 3.16. The lowest BCUT2D eigenvalue weighted by Gasteiger charge is -2.21.